The van der Waals surface area contributed by atoms with E-state index in [1.54, 1.807) is 30.3 Å². The van der Waals surface area contributed by atoms with Crippen LogP contribution in [0, 0.1) is 11.3 Å². The molecule has 0 heterocycles. The number of aldehydes is 1. The van der Waals surface area contributed by atoms with Gasteiger partial charge in [0.2, 0.25) is 0 Å². The van der Waals surface area contributed by atoms with E-state index in [0.717, 1.165) is 0 Å². The summed E-state index contributed by atoms with van der Waals surface area (Å²) >= 11 is 12.0. The molecule has 35 heavy (non-hydrogen) atoms. The van der Waals surface area contributed by atoms with E-state index in [1.165, 1.54) is 25.3 Å². The summed E-state index contributed by atoms with van der Waals surface area (Å²) < 4.78 is 46.1. The third-order valence-corrected chi connectivity index (χ3v) is 6.17. The number of carbonyl (C=O) groups excluding carboxylic acids is 2. The van der Waals surface area contributed by atoms with Crippen LogP contribution in [0.4, 0.5) is 13.2 Å². The molecular weight excluding hydrogens is 504 g/mol. The Morgan fingerprint density at radius 2 is 1.89 bits per heavy atom. The molecule has 0 aromatic heterocycles. The summed E-state index contributed by atoms with van der Waals surface area (Å²) in [5.41, 5.74) is 0.301. The minimum Gasteiger partial charge on any atom is -0.495 e. The van der Waals surface area contributed by atoms with E-state index in [9.17, 15) is 28.0 Å². The fraction of sp³-hybridized carbons (Fsp3) is 0.240. The van der Waals surface area contributed by atoms with Gasteiger partial charge in [-0.15, -0.1) is 0 Å². The van der Waals surface area contributed by atoms with Gasteiger partial charge in [0.05, 0.1) is 28.3 Å². The normalized spacial score (nSPS) is 12.1. The lowest BCUT2D eigenvalue weighted by Crippen LogP contribution is -2.41. The van der Waals surface area contributed by atoms with E-state index >= 15 is 0 Å². The van der Waals surface area contributed by atoms with Crippen molar-refractivity contribution in [1.29, 1.82) is 5.26 Å². The van der Waals surface area contributed by atoms with Crippen LogP contribution in [0.25, 0.3) is 10.8 Å². The Morgan fingerprint density at radius 1 is 1.17 bits per heavy atom. The van der Waals surface area contributed by atoms with Gasteiger partial charge in [0, 0.05) is 18.9 Å². The van der Waals surface area contributed by atoms with Gasteiger partial charge in [-0.3, -0.25) is 4.79 Å². The van der Waals surface area contributed by atoms with Crippen molar-refractivity contribution in [2.75, 3.05) is 20.2 Å². The third kappa shape index (κ3) is 6.05. The first-order valence-corrected chi connectivity index (χ1v) is 11.1. The highest BCUT2D eigenvalue weighted by molar-refractivity contribution is 6.42. The number of halogens is 5. The minimum atomic E-state index is -4.73. The molecule has 0 N–H and O–H groups in total. The van der Waals surface area contributed by atoms with E-state index in [4.69, 9.17) is 27.9 Å². The van der Waals surface area contributed by atoms with Gasteiger partial charge in [0.1, 0.15) is 24.6 Å². The van der Waals surface area contributed by atoms with Crippen LogP contribution in [0.2, 0.25) is 10.0 Å². The molecule has 0 saturated carbocycles. The zero-order valence-corrected chi connectivity index (χ0v) is 19.9. The predicted octanol–water partition coefficient (Wildman–Crippen LogP) is 6.40. The molecule has 0 bridgehead atoms. The molecule has 10 heteroatoms. The average molecular weight is 523 g/mol. The standard InChI is InChI=1S/C25H19Cl2F3N2O3/c1-35-23-18(12-31)10-16-4-2-3-5-19(16)22(23)24(34)32(14-25(28,29)30)13-17(8-9-33)15-6-7-20(26)21(27)11-15/h2-7,9-11,17H,8,13-14H2,1H3. The number of fused-ring (bicyclic) bond motifs is 1. The van der Waals surface area contributed by atoms with Gasteiger partial charge in [-0.25, -0.2) is 0 Å². The number of hydrogen-bond acceptors (Lipinski definition) is 4. The van der Waals surface area contributed by atoms with Crippen LogP contribution >= 0.6 is 23.2 Å². The lowest BCUT2D eigenvalue weighted by atomic mass is 9.94. The Hall–Kier alpha value is -3.28. The Labute approximate surface area is 209 Å². The molecular formula is C25H19Cl2F3N2O3. The molecule has 0 aliphatic heterocycles. The van der Waals surface area contributed by atoms with Crippen molar-refractivity contribution >= 4 is 46.2 Å². The molecule has 0 spiro atoms. The first-order chi connectivity index (χ1) is 16.6. The molecule has 0 aliphatic rings. The number of nitrogens with zero attached hydrogens (tertiary/aromatic N) is 2. The number of methoxy groups -OCH3 is 1. The summed E-state index contributed by atoms with van der Waals surface area (Å²) in [6.07, 6.45) is -4.32. The first kappa shape index (κ1) is 26.3. The third-order valence-electron chi connectivity index (χ3n) is 5.43. The van der Waals surface area contributed by atoms with E-state index in [-0.39, 0.29) is 33.3 Å². The molecule has 0 aliphatic carbocycles. The van der Waals surface area contributed by atoms with Crippen LogP contribution in [0.5, 0.6) is 5.75 Å². The molecule has 1 atom stereocenters. The van der Waals surface area contributed by atoms with Crippen LogP contribution in [0.1, 0.15) is 33.8 Å². The molecule has 1 amide bonds. The van der Waals surface area contributed by atoms with Crippen molar-refractivity contribution in [3.05, 3.63) is 75.3 Å². The van der Waals surface area contributed by atoms with Crippen molar-refractivity contribution in [2.24, 2.45) is 0 Å². The van der Waals surface area contributed by atoms with Crippen molar-refractivity contribution < 1.29 is 27.5 Å². The minimum absolute atomic E-state index is 0.00966. The number of amides is 1. The maximum absolute atomic E-state index is 13.7. The largest absolute Gasteiger partial charge is 0.495 e. The molecule has 0 radical (unpaired) electrons. The van der Waals surface area contributed by atoms with Crippen molar-refractivity contribution in [1.82, 2.24) is 4.90 Å². The fourth-order valence-corrected chi connectivity index (χ4v) is 4.20. The summed E-state index contributed by atoms with van der Waals surface area (Å²) in [5.74, 6) is -1.89. The first-order valence-electron chi connectivity index (χ1n) is 10.3. The van der Waals surface area contributed by atoms with E-state index < -0.39 is 31.1 Å². The van der Waals surface area contributed by atoms with Crippen LogP contribution in [-0.2, 0) is 4.79 Å². The second-order valence-corrected chi connectivity index (χ2v) is 8.55. The van der Waals surface area contributed by atoms with Gasteiger partial charge in [0.15, 0.2) is 0 Å². The zero-order valence-electron chi connectivity index (χ0n) is 18.4. The Kier molecular flexibility index (Phi) is 8.26. The van der Waals surface area contributed by atoms with Crippen LogP contribution in [0.3, 0.4) is 0 Å². The smallest absolute Gasteiger partial charge is 0.406 e. The molecule has 3 rings (SSSR count). The Balaban J connectivity index is 2.15. The summed E-state index contributed by atoms with van der Waals surface area (Å²) in [6.45, 7) is -2.01. The highest BCUT2D eigenvalue weighted by Gasteiger charge is 2.36. The Bertz CT molecular complexity index is 1310. The highest BCUT2D eigenvalue weighted by atomic mass is 35.5. The summed E-state index contributed by atoms with van der Waals surface area (Å²) in [6, 6.07) is 14.4. The molecule has 1 unspecified atom stereocenters. The van der Waals surface area contributed by atoms with Crippen molar-refractivity contribution in [3.8, 4) is 11.8 Å². The quantitative estimate of drug-likeness (QED) is 0.320. The van der Waals surface area contributed by atoms with Gasteiger partial charge in [-0.1, -0.05) is 53.5 Å². The maximum atomic E-state index is 13.7. The average Bonchev–Trinajstić information content (AvgIpc) is 2.82. The maximum Gasteiger partial charge on any atom is 0.406 e. The molecule has 5 nitrogen and oxygen atoms in total. The zero-order chi connectivity index (χ0) is 25.8. The van der Waals surface area contributed by atoms with Crippen LogP contribution in [-0.4, -0.2) is 43.5 Å². The number of benzene rings is 3. The molecule has 0 fully saturated rings. The number of alkyl halides is 3. The van der Waals surface area contributed by atoms with E-state index in [2.05, 4.69) is 0 Å². The second kappa shape index (κ2) is 11.0. The number of nitriles is 1. The summed E-state index contributed by atoms with van der Waals surface area (Å²) in [7, 11) is 1.24. The summed E-state index contributed by atoms with van der Waals surface area (Å²) in [5, 5.41) is 10.8. The van der Waals surface area contributed by atoms with Crippen molar-refractivity contribution in [2.45, 2.75) is 18.5 Å². The van der Waals surface area contributed by atoms with Crippen LogP contribution < -0.4 is 4.74 Å². The van der Waals surface area contributed by atoms with Gasteiger partial charge in [-0.2, -0.15) is 18.4 Å². The summed E-state index contributed by atoms with van der Waals surface area (Å²) in [4.78, 5) is 25.7. The molecule has 3 aromatic carbocycles. The molecule has 182 valence electrons. The van der Waals surface area contributed by atoms with E-state index in [1.807, 2.05) is 6.07 Å². The molecule has 0 saturated heterocycles. The number of ether oxygens (including phenoxy) is 1. The van der Waals surface area contributed by atoms with E-state index in [0.29, 0.717) is 27.5 Å². The number of rotatable bonds is 8. The van der Waals surface area contributed by atoms with Gasteiger partial charge >= 0.3 is 6.18 Å². The topological polar surface area (TPSA) is 70.4 Å². The lowest BCUT2D eigenvalue weighted by molar-refractivity contribution is -0.141. The SMILES string of the molecule is COc1c(C#N)cc2ccccc2c1C(=O)N(CC(CC=O)c1ccc(Cl)c(Cl)c1)CC(F)(F)F. The monoisotopic (exact) mass is 522 g/mol. The van der Waals surface area contributed by atoms with Crippen molar-refractivity contribution in [3.63, 3.8) is 0 Å². The van der Waals surface area contributed by atoms with Gasteiger partial charge < -0.3 is 14.4 Å². The molecule has 3 aromatic rings. The highest BCUT2D eigenvalue weighted by Crippen LogP contribution is 2.35. The van der Waals surface area contributed by atoms with Crippen LogP contribution in [0.15, 0.2) is 48.5 Å². The lowest BCUT2D eigenvalue weighted by Gasteiger charge is -2.29. The predicted molar refractivity (Wildman–Crippen MR) is 127 cm³/mol. The second-order valence-electron chi connectivity index (χ2n) is 7.74. The van der Waals surface area contributed by atoms with Gasteiger partial charge in [-0.05, 0) is 34.5 Å². The Morgan fingerprint density at radius 3 is 2.49 bits per heavy atom. The number of hydrogen-bond donors (Lipinski definition) is 0. The van der Waals surface area contributed by atoms with Gasteiger partial charge in [0.25, 0.3) is 5.91 Å². The fourth-order valence-electron chi connectivity index (χ4n) is 3.89. The number of carbonyl (C=O) groups is 2.